The number of hydrogen-bond donors (Lipinski definition) is 2. The van der Waals surface area contributed by atoms with E-state index in [4.69, 9.17) is 5.11 Å². The molecule has 2 N–H and O–H groups in total. The van der Waals surface area contributed by atoms with Crippen LogP contribution in [0.1, 0.15) is 33.6 Å². The Balaban J connectivity index is 2.37. The first-order chi connectivity index (χ1) is 9.47. The number of aliphatic carboxylic acids is 1. The summed E-state index contributed by atoms with van der Waals surface area (Å²) in [4.78, 5) is 26.4. The number of rotatable bonds is 6. The molecule has 1 fully saturated rings. The molecule has 2 amide bonds. The third-order valence-electron chi connectivity index (χ3n) is 4.13. The molecule has 0 bridgehead atoms. The predicted octanol–water partition coefficient (Wildman–Crippen LogP) is 1.22. The highest BCUT2D eigenvalue weighted by Crippen LogP contribution is 2.13. The molecule has 0 saturated carbocycles. The second kappa shape index (κ2) is 8.09. The third-order valence-corrected chi connectivity index (χ3v) is 4.13. The van der Waals surface area contributed by atoms with Crippen LogP contribution in [0.5, 0.6) is 0 Å². The van der Waals surface area contributed by atoms with Gasteiger partial charge < -0.3 is 15.3 Å². The van der Waals surface area contributed by atoms with E-state index in [9.17, 15) is 9.59 Å². The molecular formula is C14H27N3O3. The van der Waals surface area contributed by atoms with E-state index in [1.54, 1.807) is 4.90 Å². The van der Waals surface area contributed by atoms with Gasteiger partial charge >= 0.3 is 12.0 Å². The van der Waals surface area contributed by atoms with E-state index in [1.165, 1.54) is 0 Å². The molecule has 0 radical (unpaired) electrons. The Kier molecular flexibility index (Phi) is 6.78. The molecule has 0 aliphatic carbocycles. The van der Waals surface area contributed by atoms with Crippen LogP contribution in [-0.4, -0.2) is 65.7 Å². The number of nitrogens with one attached hydrogen (secondary N) is 1. The van der Waals surface area contributed by atoms with Crippen LogP contribution in [-0.2, 0) is 4.79 Å². The minimum absolute atomic E-state index is 0.0284. The summed E-state index contributed by atoms with van der Waals surface area (Å²) in [6.07, 6.45) is 2.12. The SMILES string of the molecule is CCC(CC)C(C)NC(=O)N1CCN(CC(=O)O)CC1. The fourth-order valence-corrected chi connectivity index (χ4v) is 2.70. The molecule has 0 aromatic rings. The number of carboxylic acid groups (broad SMARTS) is 1. The quantitative estimate of drug-likeness (QED) is 0.769. The van der Waals surface area contributed by atoms with Gasteiger partial charge in [-0.05, 0) is 12.8 Å². The molecule has 1 aliphatic heterocycles. The van der Waals surface area contributed by atoms with Crippen molar-refractivity contribution in [3.8, 4) is 0 Å². The van der Waals surface area contributed by atoms with E-state index in [-0.39, 0.29) is 18.6 Å². The Morgan fingerprint density at radius 1 is 1.15 bits per heavy atom. The van der Waals surface area contributed by atoms with E-state index < -0.39 is 5.97 Å². The largest absolute Gasteiger partial charge is 0.480 e. The van der Waals surface area contributed by atoms with Crippen LogP contribution in [0.25, 0.3) is 0 Å². The van der Waals surface area contributed by atoms with Gasteiger partial charge in [0.25, 0.3) is 0 Å². The van der Waals surface area contributed by atoms with E-state index in [0.29, 0.717) is 32.1 Å². The van der Waals surface area contributed by atoms with Crippen molar-refractivity contribution in [3.05, 3.63) is 0 Å². The van der Waals surface area contributed by atoms with Gasteiger partial charge in [-0.2, -0.15) is 0 Å². The van der Waals surface area contributed by atoms with Gasteiger partial charge in [0.15, 0.2) is 0 Å². The summed E-state index contributed by atoms with van der Waals surface area (Å²) in [7, 11) is 0. The van der Waals surface area contributed by atoms with Crippen LogP contribution in [0.2, 0.25) is 0 Å². The summed E-state index contributed by atoms with van der Waals surface area (Å²) >= 11 is 0. The number of hydrogen-bond acceptors (Lipinski definition) is 3. The molecule has 1 heterocycles. The first-order valence-corrected chi connectivity index (χ1v) is 7.47. The van der Waals surface area contributed by atoms with Crippen LogP contribution in [0, 0.1) is 5.92 Å². The monoisotopic (exact) mass is 285 g/mol. The van der Waals surface area contributed by atoms with Gasteiger partial charge in [0.05, 0.1) is 6.54 Å². The lowest BCUT2D eigenvalue weighted by molar-refractivity contribution is -0.138. The van der Waals surface area contributed by atoms with Crippen molar-refractivity contribution in [2.45, 2.75) is 39.7 Å². The highest BCUT2D eigenvalue weighted by atomic mass is 16.4. The number of carbonyl (C=O) groups excluding carboxylic acids is 1. The van der Waals surface area contributed by atoms with Gasteiger partial charge in [-0.25, -0.2) is 4.79 Å². The van der Waals surface area contributed by atoms with Gasteiger partial charge in [-0.3, -0.25) is 9.69 Å². The molecule has 1 aliphatic rings. The summed E-state index contributed by atoms with van der Waals surface area (Å²) in [5.41, 5.74) is 0. The molecular weight excluding hydrogens is 258 g/mol. The van der Waals surface area contributed by atoms with Crippen molar-refractivity contribution in [1.82, 2.24) is 15.1 Å². The van der Waals surface area contributed by atoms with E-state index in [0.717, 1.165) is 12.8 Å². The van der Waals surface area contributed by atoms with Crippen LogP contribution >= 0.6 is 0 Å². The number of urea groups is 1. The zero-order chi connectivity index (χ0) is 15.1. The average molecular weight is 285 g/mol. The van der Waals surface area contributed by atoms with Crippen molar-refractivity contribution in [1.29, 1.82) is 0 Å². The normalized spacial score (nSPS) is 18.1. The third kappa shape index (κ3) is 5.00. The summed E-state index contributed by atoms with van der Waals surface area (Å²) in [6.45, 7) is 8.82. The van der Waals surface area contributed by atoms with Gasteiger partial charge in [-0.15, -0.1) is 0 Å². The minimum Gasteiger partial charge on any atom is -0.480 e. The smallest absolute Gasteiger partial charge is 0.317 e. The number of carboxylic acids is 1. The highest BCUT2D eigenvalue weighted by Gasteiger charge is 2.24. The molecule has 20 heavy (non-hydrogen) atoms. The van der Waals surface area contributed by atoms with Crippen LogP contribution in [0.15, 0.2) is 0 Å². The number of carbonyl (C=O) groups is 2. The molecule has 6 nitrogen and oxygen atoms in total. The number of nitrogens with zero attached hydrogens (tertiary/aromatic N) is 2. The van der Waals surface area contributed by atoms with Gasteiger partial charge in [0.2, 0.25) is 0 Å². The van der Waals surface area contributed by atoms with E-state index in [1.807, 2.05) is 4.90 Å². The molecule has 0 aromatic heterocycles. The summed E-state index contributed by atoms with van der Waals surface area (Å²) in [5.74, 6) is -0.308. The number of piperazine rings is 1. The Morgan fingerprint density at radius 3 is 2.15 bits per heavy atom. The van der Waals surface area contributed by atoms with Crippen molar-refractivity contribution in [3.63, 3.8) is 0 Å². The van der Waals surface area contributed by atoms with Crippen molar-refractivity contribution >= 4 is 12.0 Å². The molecule has 1 rings (SSSR count). The molecule has 1 atom stereocenters. The fraction of sp³-hybridized carbons (Fsp3) is 0.857. The maximum Gasteiger partial charge on any atom is 0.317 e. The summed E-state index contributed by atoms with van der Waals surface area (Å²) < 4.78 is 0. The van der Waals surface area contributed by atoms with Crippen molar-refractivity contribution in [2.75, 3.05) is 32.7 Å². The molecule has 1 saturated heterocycles. The average Bonchev–Trinajstić information content (AvgIpc) is 2.40. The number of amides is 2. The summed E-state index contributed by atoms with van der Waals surface area (Å²) in [6, 6.07) is 0.147. The second-order valence-electron chi connectivity index (χ2n) is 5.47. The molecule has 1 unspecified atom stereocenters. The Labute approximate surface area is 121 Å². The zero-order valence-electron chi connectivity index (χ0n) is 12.8. The van der Waals surface area contributed by atoms with Crippen molar-refractivity contribution in [2.24, 2.45) is 5.92 Å². The van der Waals surface area contributed by atoms with Crippen molar-refractivity contribution < 1.29 is 14.7 Å². The minimum atomic E-state index is -0.815. The molecule has 116 valence electrons. The fourth-order valence-electron chi connectivity index (χ4n) is 2.70. The Hall–Kier alpha value is -1.30. The van der Waals surface area contributed by atoms with Crippen LogP contribution < -0.4 is 5.32 Å². The second-order valence-corrected chi connectivity index (χ2v) is 5.47. The lowest BCUT2D eigenvalue weighted by atomic mass is 9.96. The standard InChI is InChI=1S/C14H27N3O3/c1-4-12(5-2)11(3)15-14(20)17-8-6-16(7-9-17)10-13(18)19/h11-12H,4-10H2,1-3H3,(H,15,20)(H,18,19). The predicted molar refractivity (Wildman–Crippen MR) is 77.7 cm³/mol. The Morgan fingerprint density at radius 2 is 1.70 bits per heavy atom. The van der Waals surface area contributed by atoms with Crippen LogP contribution in [0.4, 0.5) is 4.79 Å². The Bertz CT molecular complexity index is 324. The van der Waals surface area contributed by atoms with E-state index >= 15 is 0 Å². The van der Waals surface area contributed by atoms with Gasteiger partial charge in [-0.1, -0.05) is 26.7 Å². The lowest BCUT2D eigenvalue weighted by Crippen LogP contribution is -2.54. The van der Waals surface area contributed by atoms with Gasteiger partial charge in [0, 0.05) is 32.2 Å². The summed E-state index contributed by atoms with van der Waals surface area (Å²) in [5, 5.41) is 11.8. The van der Waals surface area contributed by atoms with Crippen LogP contribution in [0.3, 0.4) is 0 Å². The lowest BCUT2D eigenvalue weighted by Gasteiger charge is -2.35. The zero-order valence-corrected chi connectivity index (χ0v) is 12.8. The topological polar surface area (TPSA) is 72.9 Å². The first-order valence-electron chi connectivity index (χ1n) is 7.47. The first kappa shape index (κ1) is 16.8. The van der Waals surface area contributed by atoms with Gasteiger partial charge in [0.1, 0.15) is 0 Å². The molecule has 0 spiro atoms. The maximum absolute atomic E-state index is 12.2. The molecule has 6 heteroatoms. The molecule has 0 aromatic carbocycles. The maximum atomic E-state index is 12.2. The van der Waals surface area contributed by atoms with E-state index in [2.05, 4.69) is 26.1 Å². The highest BCUT2D eigenvalue weighted by molar-refractivity contribution is 5.74.